The molecule has 4 atom stereocenters. The van der Waals surface area contributed by atoms with Crippen LogP contribution in [0.1, 0.15) is 104 Å². The molecule has 0 unspecified atom stereocenters. The molecule has 0 bridgehead atoms. The largest absolute Gasteiger partial charge is 2.00 e. The van der Waals surface area contributed by atoms with E-state index in [1.807, 2.05) is 20.8 Å². The van der Waals surface area contributed by atoms with Crippen molar-refractivity contribution in [3.8, 4) is 0 Å². The van der Waals surface area contributed by atoms with Crippen molar-refractivity contribution in [3.05, 3.63) is 49.6 Å². The van der Waals surface area contributed by atoms with Crippen molar-refractivity contribution in [2.75, 3.05) is 73.1 Å². The number of methoxy groups -OCH3 is 1. The van der Waals surface area contributed by atoms with Gasteiger partial charge in [0.15, 0.2) is 0 Å². The predicted molar refractivity (Wildman–Crippen MR) is 298 cm³/mol. The number of imide groups is 2. The van der Waals surface area contributed by atoms with Gasteiger partial charge in [-0.05, 0) is 12.3 Å². The van der Waals surface area contributed by atoms with E-state index in [9.17, 15) is 52.7 Å². The van der Waals surface area contributed by atoms with Crippen LogP contribution in [0.5, 0.6) is 0 Å². The van der Waals surface area contributed by atoms with Crippen molar-refractivity contribution in [1.82, 2.24) is 9.80 Å². The smallest absolute Gasteiger partial charge is 0.677 e. The zero-order valence-electron chi connectivity index (χ0n) is 49.9. The first-order valence-corrected chi connectivity index (χ1v) is 26.5. The summed E-state index contributed by atoms with van der Waals surface area (Å²) in [4.78, 5) is 157. The first kappa shape index (κ1) is 96.6. The molecule has 2 aliphatic heterocycles. The third-order valence-corrected chi connectivity index (χ3v) is 10.2. The van der Waals surface area contributed by atoms with E-state index in [0.29, 0.717) is 31.7 Å². The second kappa shape index (κ2) is 62.2. The number of carbonyl (C=O) groups excluding carboxylic acids is 8. The summed E-state index contributed by atoms with van der Waals surface area (Å²) in [5, 5.41) is 65.9. The van der Waals surface area contributed by atoms with Crippen molar-refractivity contribution >= 4 is 89.5 Å². The second-order valence-corrected chi connectivity index (χ2v) is 18.0. The SMILES string of the molecule is CC(C)COC(=O)OC(=O)CCC(=O)OCCN1C(=O)C=CC1=O.CCCOCC(=O)O.COCCOCC(=O)O.O=C(O)C(=O)O.O=C(O)C(=O)O.O=C(O)CCC(=O)OCCN1C(=O)C=CC1=O.OO.[CH2-][C@@H]1CCCC[C@H]1[NH-].[CH2-][C@@H]1CCCC[C@H]1[NH-].[Pt+2].[Pt+2]. The molecule has 4 rings (SSSR count). The van der Waals surface area contributed by atoms with Crippen LogP contribution in [0, 0.1) is 31.6 Å². The molecule has 0 aromatic carbocycles. The number of carbonyl (C=O) groups is 15. The Balaban J connectivity index is -0.000000184. The molecule has 2 fully saturated rings. The number of nitrogens with one attached hydrogen (secondary N) is 2. The molecule has 35 nitrogen and oxygen atoms in total. The fourth-order valence-corrected chi connectivity index (χ4v) is 5.79. The Kier molecular flexibility index (Phi) is 66.8. The Morgan fingerprint density at radius 2 is 0.844 bits per heavy atom. The second-order valence-electron chi connectivity index (χ2n) is 18.0. The quantitative estimate of drug-likeness (QED) is 0.00815. The van der Waals surface area contributed by atoms with Crippen LogP contribution in [0.15, 0.2) is 24.3 Å². The van der Waals surface area contributed by atoms with E-state index in [2.05, 4.69) is 42.3 Å². The topological polar surface area (TPSA) is 557 Å². The molecule has 0 saturated heterocycles. The van der Waals surface area contributed by atoms with E-state index in [0.717, 1.165) is 53.4 Å². The summed E-state index contributed by atoms with van der Waals surface area (Å²) in [6.07, 6.45) is 12.7. The van der Waals surface area contributed by atoms with Crippen molar-refractivity contribution in [2.24, 2.45) is 17.8 Å². The van der Waals surface area contributed by atoms with Gasteiger partial charge in [0.2, 0.25) is 0 Å². The molecule has 2 aliphatic carbocycles. The Morgan fingerprint density at radius 1 is 0.511 bits per heavy atom. The maximum atomic E-state index is 11.4. The van der Waals surface area contributed by atoms with E-state index in [-0.39, 0.29) is 132 Å². The molecule has 4 amide bonds. The van der Waals surface area contributed by atoms with Gasteiger partial charge < -0.3 is 94.2 Å². The van der Waals surface area contributed by atoms with Gasteiger partial charge in [-0.15, -0.1) is 0 Å². The van der Waals surface area contributed by atoms with Gasteiger partial charge in [-0.1, -0.05) is 72.1 Å². The zero-order chi connectivity index (χ0) is 68.7. The van der Waals surface area contributed by atoms with E-state index in [4.69, 9.17) is 81.6 Å². The minimum Gasteiger partial charge on any atom is -0.677 e. The van der Waals surface area contributed by atoms with Gasteiger partial charge in [-0.3, -0.25) is 58.7 Å². The summed E-state index contributed by atoms with van der Waals surface area (Å²) >= 11 is 0. The summed E-state index contributed by atoms with van der Waals surface area (Å²) in [5.41, 5.74) is 14.8. The number of carboxylic acids is 7. The first-order chi connectivity index (χ1) is 41.2. The van der Waals surface area contributed by atoms with Gasteiger partial charge in [0.05, 0.1) is 58.6 Å². The number of hydrogen-bond acceptors (Lipinski definition) is 24. The standard InChI is InChI=1S/C15H19NO8.C10H11NO6.2C7H13N.C5H10O4.C5H10O3.2C2H2O4.H2O2.2Pt/c1-10(2)9-23-15(21)24-14(20)6-5-13(19)22-8-7-16-11(17)3-4-12(16)18;12-7-1-2-8(13)11(7)5-6-17-10(16)4-3-9(14)15;2*1-6-4-2-3-5-7(6)8;1-8-2-3-9-4-5(6)7;1-2-3-8-4-5(6)7;2*3-1(4)2(5)6;1-2;;/h3-4,10H,5-9H2,1-2H3;1-2H,3-6H2,(H,14,15);2*6-8H,1-5H2;2-4H2,1H3,(H,6,7);2-4H2,1H3,(H,6,7);2*(H,3,4)(H,5,6);1-2H;;/q;;2*-2;;;;;;2*+2/t;;2*6-,7-;;;;;;;/m..11......./s1. The number of amides is 4. The number of ether oxygens (including phenoxy) is 7. The van der Waals surface area contributed by atoms with Gasteiger partial charge in [0.1, 0.15) is 26.4 Å². The maximum absolute atomic E-state index is 11.4. The number of esters is 3. The van der Waals surface area contributed by atoms with E-state index < -0.39 is 89.5 Å². The molecule has 4 aliphatic rings. The Bertz CT molecular complexity index is 2110. The minimum absolute atomic E-state index is 0. The average molecular weight is 1660 g/mol. The number of hydrogen-bond donors (Lipinski definition) is 9. The average Bonchev–Trinajstić information content (AvgIpc) is 4.24. The van der Waals surface area contributed by atoms with E-state index in [1.165, 1.54) is 45.6 Å². The Morgan fingerprint density at radius 3 is 1.12 bits per heavy atom. The summed E-state index contributed by atoms with van der Waals surface area (Å²) in [5.74, 6) is -13.4. The number of rotatable bonds is 23. The summed E-state index contributed by atoms with van der Waals surface area (Å²) in [6.45, 7) is 14.0. The monoisotopic (exact) mass is 1660 g/mol. The molecule has 0 spiro atoms. The molecular formula is C53H82N4O31Pt2. The molecule has 0 radical (unpaired) electrons. The summed E-state index contributed by atoms with van der Waals surface area (Å²) < 4.78 is 32.3. The number of aliphatic carboxylic acids is 7. The van der Waals surface area contributed by atoms with Crippen LogP contribution in [-0.4, -0.2) is 231 Å². The van der Waals surface area contributed by atoms with Crippen LogP contribution in [0.4, 0.5) is 4.79 Å². The van der Waals surface area contributed by atoms with Gasteiger partial charge in [0.25, 0.3) is 23.6 Å². The van der Waals surface area contributed by atoms with Gasteiger partial charge in [-0.2, -0.15) is 23.9 Å². The zero-order valence-corrected chi connectivity index (χ0v) is 54.5. The Hall–Kier alpha value is -6.97. The van der Waals surface area contributed by atoms with Crippen molar-refractivity contribution in [1.29, 1.82) is 0 Å². The normalized spacial score (nSPS) is 16.1. The number of nitrogens with zero attached hydrogens (tertiary/aromatic N) is 2. The Labute approximate surface area is 547 Å². The molecule has 37 heteroatoms. The van der Waals surface area contributed by atoms with Crippen molar-refractivity contribution in [2.45, 2.75) is 116 Å². The van der Waals surface area contributed by atoms with Crippen LogP contribution in [0.2, 0.25) is 0 Å². The molecule has 0 aromatic rings. The van der Waals surface area contributed by atoms with Crippen LogP contribution >= 0.6 is 0 Å². The summed E-state index contributed by atoms with van der Waals surface area (Å²) in [7, 11) is 1.53. The molecule has 520 valence electrons. The van der Waals surface area contributed by atoms with E-state index >= 15 is 0 Å². The van der Waals surface area contributed by atoms with Gasteiger partial charge in [0, 0.05) is 38.0 Å². The van der Waals surface area contributed by atoms with Gasteiger partial charge in [-0.25, -0.2) is 33.6 Å². The predicted octanol–water partition coefficient (Wildman–Crippen LogP) is 3.31. The molecular weight excluding hydrogens is 1580 g/mol. The third kappa shape index (κ3) is 62.6. The third-order valence-electron chi connectivity index (χ3n) is 10.2. The first-order valence-electron chi connectivity index (χ1n) is 26.5. The van der Waals surface area contributed by atoms with Crippen LogP contribution in [0.25, 0.3) is 11.5 Å². The van der Waals surface area contributed by atoms with Crippen LogP contribution in [0.3, 0.4) is 0 Å². The number of carboxylic acid groups (broad SMARTS) is 7. The van der Waals surface area contributed by atoms with Gasteiger partial charge >= 0.3 is 108 Å². The molecule has 2 saturated carbocycles. The van der Waals surface area contributed by atoms with Crippen molar-refractivity contribution in [3.63, 3.8) is 0 Å². The molecule has 90 heavy (non-hydrogen) atoms. The van der Waals surface area contributed by atoms with Crippen molar-refractivity contribution < 1.29 is 193 Å². The van der Waals surface area contributed by atoms with Crippen LogP contribution < -0.4 is 0 Å². The fourth-order valence-electron chi connectivity index (χ4n) is 5.79. The summed E-state index contributed by atoms with van der Waals surface area (Å²) in [6, 6.07) is 0.285. The fraction of sp³-hybridized carbons (Fsp3) is 0.604. The molecule has 2 heterocycles. The minimum atomic E-state index is -1.82. The van der Waals surface area contributed by atoms with Crippen LogP contribution in [-0.2, 0) is 142 Å². The maximum Gasteiger partial charge on any atom is 2.00 e. The van der Waals surface area contributed by atoms with E-state index in [1.54, 1.807) is 0 Å². The molecule has 0 aromatic heterocycles. The molecule has 11 N–H and O–H groups in total.